The molecule has 180 valence electrons. The summed E-state index contributed by atoms with van der Waals surface area (Å²) in [5.41, 5.74) is 1.13. The van der Waals surface area contributed by atoms with E-state index in [1.54, 1.807) is 18.3 Å². The molecule has 1 aliphatic rings. The number of aliphatic imine (C=N–C) groups is 1. The summed E-state index contributed by atoms with van der Waals surface area (Å²) in [6, 6.07) is 9.65. The molecule has 3 heterocycles. The largest absolute Gasteiger partial charge is 0.464 e. The maximum Gasteiger partial charge on any atom is 0.289 e. The quantitative estimate of drug-likeness (QED) is 0.362. The number of benzene rings is 2. The predicted octanol–water partition coefficient (Wildman–Crippen LogP) is 5.24. The fraction of sp³-hybridized carbons (Fsp3) is 0.200. The lowest BCUT2D eigenvalue weighted by atomic mass is 9.93. The molecule has 5 rings (SSSR count). The Labute approximate surface area is 198 Å². The minimum absolute atomic E-state index is 0.0840. The molecular formula is C25H21F3N4O3. The molecule has 3 N–H and O–H groups in total. The summed E-state index contributed by atoms with van der Waals surface area (Å²) in [5.74, 6) is -2.77. The Balaban J connectivity index is 1.44. The number of H-pyrrole nitrogens is 1. The minimum Gasteiger partial charge on any atom is -0.464 e. The van der Waals surface area contributed by atoms with Crippen LogP contribution in [0, 0.1) is 22.9 Å². The number of halogens is 3. The molecule has 1 atom stereocenters. The van der Waals surface area contributed by atoms with Crippen molar-refractivity contribution >= 4 is 22.7 Å². The van der Waals surface area contributed by atoms with Crippen molar-refractivity contribution in [3.63, 3.8) is 0 Å². The summed E-state index contributed by atoms with van der Waals surface area (Å²) < 4.78 is 54.8. The van der Waals surface area contributed by atoms with Crippen LogP contribution in [0.1, 0.15) is 6.92 Å². The summed E-state index contributed by atoms with van der Waals surface area (Å²) in [4.78, 5) is 11.4. The molecule has 2 aromatic carbocycles. The number of hydrogen-bond acceptors (Lipinski definition) is 6. The molecule has 0 bridgehead atoms. The third kappa shape index (κ3) is 4.52. The number of anilines is 1. The third-order valence-corrected chi connectivity index (χ3v) is 5.68. The van der Waals surface area contributed by atoms with Crippen molar-refractivity contribution in [3.8, 4) is 22.6 Å². The van der Waals surface area contributed by atoms with Crippen LogP contribution in [0.25, 0.3) is 22.2 Å². The van der Waals surface area contributed by atoms with Crippen LogP contribution in [0.3, 0.4) is 0 Å². The third-order valence-electron chi connectivity index (χ3n) is 5.68. The van der Waals surface area contributed by atoms with Crippen LogP contribution in [0.5, 0.6) is 11.5 Å². The van der Waals surface area contributed by atoms with E-state index in [1.165, 1.54) is 24.4 Å². The first-order valence-electron chi connectivity index (χ1n) is 10.8. The standard InChI is InChI=1S/C25H21F3N4O3/c1-25(12-33)11-31-24(34-13-25)32-16-8-18(27)22(19(28)9-16)35-20-5-6-29-23-21(20)17(10-30-23)14-3-2-4-15(26)7-14/h2-10,33H,11-13H2,1H3,(H,29,30)(H,31,32). The number of aromatic nitrogens is 2. The Hall–Kier alpha value is -4.05. The molecule has 0 fully saturated rings. The van der Waals surface area contributed by atoms with E-state index in [0.29, 0.717) is 28.7 Å². The summed E-state index contributed by atoms with van der Waals surface area (Å²) in [7, 11) is 0. The number of nitrogens with zero attached hydrogens (tertiary/aromatic N) is 2. The number of ether oxygens (including phenoxy) is 2. The maximum absolute atomic E-state index is 14.9. The van der Waals surface area contributed by atoms with Crippen LogP contribution in [-0.2, 0) is 4.74 Å². The van der Waals surface area contributed by atoms with Gasteiger partial charge in [0.2, 0.25) is 0 Å². The first-order valence-corrected chi connectivity index (χ1v) is 10.8. The number of aromatic amines is 1. The molecule has 0 radical (unpaired) electrons. The average Bonchev–Trinajstić information content (AvgIpc) is 3.28. The molecule has 10 heteroatoms. The smallest absolute Gasteiger partial charge is 0.289 e. The number of aliphatic hydroxyl groups is 1. The number of fused-ring (bicyclic) bond motifs is 1. The van der Waals surface area contributed by atoms with Crippen molar-refractivity contribution in [1.29, 1.82) is 0 Å². The van der Waals surface area contributed by atoms with Crippen molar-refractivity contribution in [1.82, 2.24) is 9.97 Å². The second kappa shape index (κ2) is 8.95. The number of amidine groups is 1. The first-order chi connectivity index (χ1) is 16.8. The van der Waals surface area contributed by atoms with Crippen molar-refractivity contribution in [2.45, 2.75) is 6.92 Å². The average molecular weight is 482 g/mol. The second-order valence-electron chi connectivity index (χ2n) is 8.62. The van der Waals surface area contributed by atoms with Crippen LogP contribution in [0.15, 0.2) is 59.9 Å². The lowest BCUT2D eigenvalue weighted by Crippen LogP contribution is -2.38. The van der Waals surface area contributed by atoms with Gasteiger partial charge >= 0.3 is 0 Å². The van der Waals surface area contributed by atoms with Gasteiger partial charge in [0.1, 0.15) is 23.8 Å². The van der Waals surface area contributed by atoms with E-state index in [9.17, 15) is 18.3 Å². The van der Waals surface area contributed by atoms with Gasteiger partial charge in [-0.25, -0.2) is 23.1 Å². The number of rotatable bonds is 5. The first kappa shape index (κ1) is 22.7. The highest BCUT2D eigenvalue weighted by Gasteiger charge is 2.29. The molecule has 1 unspecified atom stereocenters. The topological polar surface area (TPSA) is 91.8 Å². The van der Waals surface area contributed by atoms with Crippen molar-refractivity contribution in [3.05, 3.63) is 72.3 Å². The SMILES string of the molecule is CC1(CO)CN=C(Nc2cc(F)c(Oc3ccnc4[nH]cc(-c5cccc(F)c5)c34)c(F)c2)OC1. The molecule has 0 saturated carbocycles. The normalized spacial score (nSPS) is 17.7. The highest BCUT2D eigenvalue weighted by atomic mass is 19.1. The van der Waals surface area contributed by atoms with Crippen molar-refractivity contribution in [2.24, 2.45) is 10.4 Å². The van der Waals surface area contributed by atoms with E-state index in [4.69, 9.17) is 9.47 Å². The molecule has 0 aliphatic carbocycles. The molecular weight excluding hydrogens is 461 g/mol. The van der Waals surface area contributed by atoms with Crippen LogP contribution in [0.4, 0.5) is 18.9 Å². The summed E-state index contributed by atoms with van der Waals surface area (Å²) in [6.07, 6.45) is 3.07. The van der Waals surface area contributed by atoms with Gasteiger partial charge in [0.15, 0.2) is 17.4 Å². The molecule has 0 spiro atoms. The highest BCUT2D eigenvalue weighted by Crippen LogP contribution is 2.38. The van der Waals surface area contributed by atoms with Crippen LogP contribution < -0.4 is 10.1 Å². The zero-order chi connectivity index (χ0) is 24.6. The van der Waals surface area contributed by atoms with Crippen LogP contribution >= 0.6 is 0 Å². The molecule has 0 saturated heterocycles. The van der Waals surface area contributed by atoms with Gasteiger partial charge in [-0.3, -0.25) is 0 Å². The van der Waals surface area contributed by atoms with Gasteiger partial charge in [0.05, 0.1) is 18.5 Å². The number of aliphatic hydroxyl groups excluding tert-OH is 1. The summed E-state index contributed by atoms with van der Waals surface area (Å²) in [5, 5.41) is 12.6. The highest BCUT2D eigenvalue weighted by molar-refractivity contribution is 5.98. The van der Waals surface area contributed by atoms with E-state index in [0.717, 1.165) is 12.1 Å². The number of hydrogen-bond donors (Lipinski definition) is 3. The Morgan fingerprint density at radius 1 is 1.17 bits per heavy atom. The maximum atomic E-state index is 14.9. The van der Waals surface area contributed by atoms with Crippen LogP contribution in [0.2, 0.25) is 0 Å². The van der Waals surface area contributed by atoms with E-state index in [-0.39, 0.29) is 30.7 Å². The Kier molecular flexibility index (Phi) is 5.81. The van der Waals surface area contributed by atoms with Gasteiger partial charge < -0.3 is 24.9 Å². The molecule has 2 aromatic heterocycles. The summed E-state index contributed by atoms with van der Waals surface area (Å²) in [6.45, 7) is 2.24. The van der Waals surface area contributed by atoms with Gasteiger partial charge in [-0.05, 0) is 23.8 Å². The zero-order valence-corrected chi connectivity index (χ0v) is 18.6. The Bertz CT molecular complexity index is 1420. The minimum atomic E-state index is -0.947. The monoisotopic (exact) mass is 482 g/mol. The predicted molar refractivity (Wildman–Crippen MR) is 125 cm³/mol. The molecule has 0 amide bonds. The number of nitrogens with one attached hydrogen (secondary N) is 2. The fourth-order valence-corrected chi connectivity index (χ4v) is 3.73. The Morgan fingerprint density at radius 2 is 1.97 bits per heavy atom. The number of pyridine rings is 1. The van der Waals surface area contributed by atoms with Gasteiger partial charge in [-0.15, -0.1) is 0 Å². The lowest BCUT2D eigenvalue weighted by molar-refractivity contribution is 0.0706. The van der Waals surface area contributed by atoms with E-state index in [1.807, 2.05) is 6.92 Å². The van der Waals surface area contributed by atoms with Crippen molar-refractivity contribution in [2.75, 3.05) is 25.1 Å². The van der Waals surface area contributed by atoms with Gasteiger partial charge in [-0.1, -0.05) is 19.1 Å². The van der Waals surface area contributed by atoms with E-state index >= 15 is 0 Å². The van der Waals surface area contributed by atoms with Gasteiger partial charge in [0.25, 0.3) is 6.02 Å². The van der Waals surface area contributed by atoms with Crippen LogP contribution in [-0.4, -0.2) is 40.9 Å². The van der Waals surface area contributed by atoms with Gasteiger partial charge in [-0.2, -0.15) is 0 Å². The fourth-order valence-electron chi connectivity index (χ4n) is 3.73. The lowest BCUT2D eigenvalue weighted by Gasteiger charge is -2.30. The molecule has 7 nitrogen and oxygen atoms in total. The molecule has 4 aromatic rings. The van der Waals surface area contributed by atoms with E-state index < -0.39 is 28.6 Å². The molecule has 1 aliphatic heterocycles. The second-order valence-corrected chi connectivity index (χ2v) is 8.62. The molecule has 35 heavy (non-hydrogen) atoms. The summed E-state index contributed by atoms with van der Waals surface area (Å²) >= 11 is 0. The van der Waals surface area contributed by atoms with Crippen molar-refractivity contribution < 1.29 is 27.8 Å². The Morgan fingerprint density at radius 3 is 2.66 bits per heavy atom. The zero-order valence-electron chi connectivity index (χ0n) is 18.6. The van der Waals surface area contributed by atoms with Gasteiger partial charge in [0, 0.05) is 41.2 Å². The van der Waals surface area contributed by atoms with E-state index in [2.05, 4.69) is 20.3 Å².